The van der Waals surface area contributed by atoms with Crippen molar-refractivity contribution < 1.29 is 9.59 Å². The van der Waals surface area contributed by atoms with Crippen LogP contribution in [0.3, 0.4) is 0 Å². The minimum absolute atomic E-state index is 0.160. The van der Waals surface area contributed by atoms with E-state index in [0.717, 1.165) is 0 Å². The average Bonchev–Trinajstić information content (AvgIpc) is 2.21. The molecule has 0 radical (unpaired) electrons. The van der Waals surface area contributed by atoms with Gasteiger partial charge in [0.25, 0.3) is 0 Å². The maximum atomic E-state index is 9.20. The monoisotopic (exact) mass is 194 g/mol. The van der Waals surface area contributed by atoms with Crippen molar-refractivity contribution in [1.82, 2.24) is 0 Å². The summed E-state index contributed by atoms with van der Waals surface area (Å²) in [7, 11) is 0. The maximum Gasteiger partial charge on any atom is 0.236 e. The minimum Gasteiger partial charge on any atom is -0.211 e. The summed E-state index contributed by atoms with van der Waals surface area (Å²) in [4.78, 5) is 24.2. The number of carbonyl (C=O) groups excluding carboxylic acids is 2. The van der Waals surface area contributed by atoms with Crippen LogP contribution in [-0.4, -0.2) is 18.8 Å². The van der Waals surface area contributed by atoms with E-state index in [9.17, 15) is 9.59 Å². The molecule has 0 atom stereocenters. The Morgan fingerprint density at radius 2 is 1.93 bits per heavy atom. The van der Waals surface area contributed by atoms with E-state index in [1.807, 2.05) is 0 Å². The normalized spacial score (nSPS) is 13.6. The third-order valence-electron chi connectivity index (χ3n) is 1.79. The summed E-state index contributed by atoms with van der Waals surface area (Å²) in [6, 6.07) is 0. The first-order chi connectivity index (χ1) is 6.81. The van der Waals surface area contributed by atoms with Crippen LogP contribution >= 0.6 is 0 Å². The van der Waals surface area contributed by atoms with E-state index in [-0.39, 0.29) is 6.67 Å². The van der Waals surface area contributed by atoms with E-state index in [0.29, 0.717) is 0 Å². The average molecular weight is 194 g/mol. The fourth-order valence-corrected chi connectivity index (χ4v) is 1.09. The molecule has 0 saturated heterocycles. The van der Waals surface area contributed by atoms with Crippen LogP contribution in [-0.2, 0) is 9.59 Å². The van der Waals surface area contributed by atoms with Gasteiger partial charge >= 0.3 is 0 Å². The van der Waals surface area contributed by atoms with Gasteiger partial charge in [0, 0.05) is 0 Å². The van der Waals surface area contributed by atoms with Gasteiger partial charge in [0.05, 0.1) is 0 Å². The zero-order valence-corrected chi connectivity index (χ0v) is 8.32. The third kappa shape index (κ3) is 8.60. The molecule has 1 aliphatic carbocycles. The van der Waals surface area contributed by atoms with Crippen molar-refractivity contribution >= 4 is 12.2 Å². The molecule has 0 amide bonds. The summed E-state index contributed by atoms with van der Waals surface area (Å²) >= 11 is 0. The lowest BCUT2D eigenvalue weighted by molar-refractivity contribution is 0.560. The van der Waals surface area contributed by atoms with Crippen LogP contribution in [0.15, 0.2) is 21.6 Å². The van der Waals surface area contributed by atoms with Crippen molar-refractivity contribution in [3.05, 3.63) is 11.6 Å². The molecule has 0 aromatic carbocycles. The second kappa shape index (κ2) is 9.59. The van der Waals surface area contributed by atoms with Crippen LogP contribution < -0.4 is 0 Å². The lowest BCUT2D eigenvalue weighted by atomic mass is 10.0. The highest BCUT2D eigenvalue weighted by Crippen LogP contribution is 2.15. The Bertz CT molecular complexity index is 256. The van der Waals surface area contributed by atoms with Gasteiger partial charge in [0.15, 0.2) is 6.67 Å². The zero-order valence-electron chi connectivity index (χ0n) is 8.32. The highest BCUT2D eigenvalue weighted by atomic mass is 16.1. The summed E-state index contributed by atoms with van der Waals surface area (Å²) in [6.45, 7) is 2.06. The Labute approximate surface area is 83.4 Å². The fraction of sp³-hybridized carbons (Fsp3) is 0.600. The van der Waals surface area contributed by atoms with E-state index in [4.69, 9.17) is 0 Å². The summed E-state index contributed by atoms with van der Waals surface area (Å²) in [5.41, 5.74) is 1.59. The van der Waals surface area contributed by atoms with Gasteiger partial charge in [-0.1, -0.05) is 11.6 Å². The lowest BCUT2D eigenvalue weighted by Gasteiger charge is -2.05. The van der Waals surface area contributed by atoms with Gasteiger partial charge in [0.2, 0.25) is 12.2 Å². The van der Waals surface area contributed by atoms with E-state index in [1.165, 1.54) is 37.8 Å². The van der Waals surface area contributed by atoms with E-state index >= 15 is 0 Å². The number of isocyanates is 2. The molecule has 4 heteroatoms. The van der Waals surface area contributed by atoms with Crippen molar-refractivity contribution in [1.29, 1.82) is 0 Å². The van der Waals surface area contributed by atoms with Crippen LogP contribution in [0, 0.1) is 0 Å². The second-order valence-corrected chi connectivity index (χ2v) is 2.94. The van der Waals surface area contributed by atoms with Gasteiger partial charge in [-0.3, -0.25) is 0 Å². The van der Waals surface area contributed by atoms with E-state index in [2.05, 4.69) is 23.0 Å². The first-order valence-corrected chi connectivity index (χ1v) is 4.54. The van der Waals surface area contributed by atoms with Crippen molar-refractivity contribution in [3.63, 3.8) is 0 Å². The summed E-state index contributed by atoms with van der Waals surface area (Å²) < 4.78 is 0. The standard InChI is InChI=1S/C7H12.C3H2N2O2/c1-7-5-3-2-4-6-7;6-2-4-1-5-3-7/h5H,2-4,6H2,1H3;1H2. The van der Waals surface area contributed by atoms with Gasteiger partial charge in [0.1, 0.15) is 0 Å². The topological polar surface area (TPSA) is 58.9 Å². The minimum atomic E-state index is -0.160. The molecule has 14 heavy (non-hydrogen) atoms. The number of hydrogen-bond donors (Lipinski definition) is 0. The van der Waals surface area contributed by atoms with Crippen LogP contribution in [0.25, 0.3) is 0 Å². The molecule has 0 N–H and O–H groups in total. The Balaban J connectivity index is 0.000000241. The molecule has 0 fully saturated rings. The Morgan fingerprint density at radius 3 is 2.21 bits per heavy atom. The number of hydrogen-bond acceptors (Lipinski definition) is 4. The molecule has 0 saturated carbocycles. The molecule has 1 rings (SSSR count). The summed E-state index contributed by atoms with van der Waals surface area (Å²) in [5, 5.41) is 0. The van der Waals surface area contributed by atoms with E-state index in [1.54, 1.807) is 5.57 Å². The van der Waals surface area contributed by atoms with Crippen LogP contribution in [0.4, 0.5) is 0 Å². The van der Waals surface area contributed by atoms with Crippen molar-refractivity contribution in [2.24, 2.45) is 9.98 Å². The molecule has 0 aliphatic heterocycles. The molecule has 0 heterocycles. The van der Waals surface area contributed by atoms with Gasteiger partial charge in [-0.2, -0.15) is 9.98 Å². The number of aliphatic imine (C=N–C) groups is 2. The molecule has 76 valence electrons. The number of nitrogens with zero attached hydrogens (tertiary/aromatic N) is 2. The highest BCUT2D eigenvalue weighted by molar-refractivity contribution is 5.35. The van der Waals surface area contributed by atoms with Crippen LogP contribution in [0.1, 0.15) is 32.6 Å². The molecule has 0 spiro atoms. The second-order valence-electron chi connectivity index (χ2n) is 2.94. The maximum absolute atomic E-state index is 9.20. The van der Waals surface area contributed by atoms with E-state index < -0.39 is 0 Å². The van der Waals surface area contributed by atoms with Gasteiger partial charge in [-0.25, -0.2) is 9.59 Å². The highest BCUT2D eigenvalue weighted by Gasteiger charge is 1.95. The number of allylic oxidation sites excluding steroid dienone is 2. The molecule has 0 unspecified atom stereocenters. The van der Waals surface area contributed by atoms with Crippen LogP contribution in [0.5, 0.6) is 0 Å². The van der Waals surface area contributed by atoms with Gasteiger partial charge in [-0.15, -0.1) is 0 Å². The summed E-state index contributed by atoms with van der Waals surface area (Å²) in [6.07, 6.45) is 10.3. The predicted molar refractivity (Wildman–Crippen MR) is 53.3 cm³/mol. The predicted octanol–water partition coefficient (Wildman–Crippen LogP) is 2.12. The Kier molecular flexibility index (Phi) is 8.56. The SMILES string of the molecule is CC1=CCCCC1.O=C=NCN=C=O. The zero-order chi connectivity index (χ0) is 10.6. The van der Waals surface area contributed by atoms with Crippen molar-refractivity contribution in [2.45, 2.75) is 32.6 Å². The molecule has 0 aromatic rings. The first kappa shape index (κ1) is 12.5. The molecular weight excluding hydrogens is 180 g/mol. The van der Waals surface area contributed by atoms with Crippen molar-refractivity contribution in [3.8, 4) is 0 Å². The van der Waals surface area contributed by atoms with Crippen molar-refractivity contribution in [2.75, 3.05) is 6.67 Å². The Morgan fingerprint density at radius 1 is 1.29 bits per heavy atom. The van der Waals surface area contributed by atoms with Gasteiger partial charge < -0.3 is 0 Å². The molecule has 4 nitrogen and oxygen atoms in total. The van der Waals surface area contributed by atoms with Crippen LogP contribution in [0.2, 0.25) is 0 Å². The third-order valence-corrected chi connectivity index (χ3v) is 1.79. The molecule has 0 aromatic heterocycles. The molecule has 0 bridgehead atoms. The fourth-order valence-electron chi connectivity index (χ4n) is 1.09. The quantitative estimate of drug-likeness (QED) is 0.384. The smallest absolute Gasteiger partial charge is 0.211 e. The lowest BCUT2D eigenvalue weighted by Crippen LogP contribution is -1.85. The summed E-state index contributed by atoms with van der Waals surface area (Å²) in [5.74, 6) is 0. The van der Waals surface area contributed by atoms with Gasteiger partial charge in [-0.05, 0) is 32.6 Å². The number of rotatable bonds is 2. The largest absolute Gasteiger partial charge is 0.236 e. The Hall–Kier alpha value is -1.50. The molecule has 1 aliphatic rings. The first-order valence-electron chi connectivity index (χ1n) is 4.54. The molecular formula is C10H14N2O2.